The highest BCUT2D eigenvalue weighted by Gasteiger charge is 2.72. The first-order valence-corrected chi connectivity index (χ1v) is 11.0. The number of nitrogens with two attached hydrogens (primary N) is 1. The number of phenols is 1. The van der Waals surface area contributed by atoms with Crippen LogP contribution in [0.4, 0.5) is 0 Å². The molecule has 182 valence electrons. The first-order chi connectivity index (χ1) is 15.7. The van der Waals surface area contributed by atoms with Crippen LogP contribution >= 0.6 is 0 Å². The number of phenolic OH excluding ortho intramolecular Hbond substituents is 1. The lowest BCUT2D eigenvalue weighted by atomic mass is 9.49. The van der Waals surface area contributed by atoms with E-state index in [-0.39, 0.29) is 11.3 Å². The Bertz CT molecular complexity index is 1170. The van der Waals surface area contributed by atoms with Gasteiger partial charge in [0, 0.05) is 5.92 Å². The zero-order valence-corrected chi connectivity index (χ0v) is 19.5. The summed E-state index contributed by atoms with van der Waals surface area (Å²) < 4.78 is 0. The lowest BCUT2D eigenvalue weighted by molar-refractivity contribution is -0.196. The SMILES string of the molecule is Cc1cc(C)c2c(c1O)C(=O)C1C(=O)[C@@]3(O)C(=O)C(C(N)=O)C(=O)[C@H](N(C)C)[C@H]3[C@H](O)[C@H]1[C@@H]2C. The summed E-state index contributed by atoms with van der Waals surface area (Å²) in [6.07, 6.45) is -1.63. The van der Waals surface area contributed by atoms with Crippen molar-refractivity contribution in [2.24, 2.45) is 29.4 Å². The van der Waals surface area contributed by atoms with Crippen molar-refractivity contribution in [1.82, 2.24) is 4.90 Å². The van der Waals surface area contributed by atoms with Gasteiger partial charge in [0.05, 0.1) is 29.5 Å². The fourth-order valence-corrected chi connectivity index (χ4v) is 6.56. The van der Waals surface area contributed by atoms with Crippen molar-refractivity contribution in [2.45, 2.75) is 44.4 Å². The number of Topliss-reactive ketones (excluding diaryl/α,β-unsaturated/α-hetero) is 4. The molecule has 2 unspecified atom stereocenters. The zero-order valence-electron chi connectivity index (χ0n) is 19.5. The Morgan fingerprint density at radius 2 is 1.68 bits per heavy atom. The molecule has 0 saturated heterocycles. The molecule has 1 aromatic carbocycles. The van der Waals surface area contributed by atoms with Crippen molar-refractivity contribution >= 4 is 29.0 Å². The summed E-state index contributed by atoms with van der Waals surface area (Å²) in [5, 5.41) is 33.8. The van der Waals surface area contributed by atoms with E-state index in [1.807, 2.05) is 0 Å². The van der Waals surface area contributed by atoms with Gasteiger partial charge < -0.3 is 21.1 Å². The fraction of sp³-hybridized carbons (Fsp3) is 0.542. The summed E-state index contributed by atoms with van der Waals surface area (Å²) in [5.74, 6) is -13.0. The van der Waals surface area contributed by atoms with Gasteiger partial charge in [-0.25, -0.2) is 0 Å². The lowest BCUT2D eigenvalue weighted by Gasteiger charge is -2.56. The Morgan fingerprint density at radius 3 is 2.21 bits per heavy atom. The van der Waals surface area contributed by atoms with Crippen molar-refractivity contribution in [2.75, 3.05) is 14.1 Å². The highest BCUT2D eigenvalue weighted by molar-refractivity contribution is 6.32. The Kier molecular flexibility index (Phi) is 5.35. The third kappa shape index (κ3) is 2.76. The van der Waals surface area contributed by atoms with Gasteiger partial charge in [-0.15, -0.1) is 0 Å². The molecule has 3 aliphatic rings. The topological polar surface area (TPSA) is 175 Å². The first kappa shape index (κ1) is 24.2. The molecule has 1 aromatic rings. The molecule has 34 heavy (non-hydrogen) atoms. The molecule has 2 fully saturated rings. The molecule has 0 aliphatic heterocycles. The molecule has 1 amide bonds. The minimum absolute atomic E-state index is 0.0798. The predicted molar refractivity (Wildman–Crippen MR) is 117 cm³/mol. The van der Waals surface area contributed by atoms with Crippen LogP contribution in [0.2, 0.25) is 0 Å². The van der Waals surface area contributed by atoms with E-state index in [0.29, 0.717) is 16.7 Å². The van der Waals surface area contributed by atoms with Crippen LogP contribution in [0.15, 0.2) is 6.07 Å². The maximum atomic E-state index is 13.8. The van der Waals surface area contributed by atoms with Crippen LogP contribution in [0.25, 0.3) is 0 Å². The average Bonchev–Trinajstić information content (AvgIpc) is 2.73. The third-order valence-electron chi connectivity index (χ3n) is 7.98. The van der Waals surface area contributed by atoms with Crippen LogP contribution in [-0.2, 0) is 19.2 Å². The van der Waals surface area contributed by atoms with Crippen LogP contribution in [-0.4, -0.2) is 81.1 Å². The average molecular weight is 472 g/mol. The second kappa shape index (κ2) is 7.53. The number of aromatic hydroxyl groups is 1. The van der Waals surface area contributed by atoms with Crippen molar-refractivity contribution in [3.8, 4) is 5.75 Å². The van der Waals surface area contributed by atoms with Crippen LogP contribution in [0.1, 0.15) is 39.9 Å². The molecule has 3 aliphatic carbocycles. The van der Waals surface area contributed by atoms with Gasteiger partial charge in [-0.1, -0.05) is 13.0 Å². The smallest absolute Gasteiger partial charge is 0.235 e. The van der Waals surface area contributed by atoms with Gasteiger partial charge in [-0.2, -0.15) is 0 Å². The van der Waals surface area contributed by atoms with Gasteiger partial charge in [0.15, 0.2) is 34.7 Å². The zero-order chi connectivity index (χ0) is 25.6. The molecule has 2 saturated carbocycles. The van der Waals surface area contributed by atoms with Crippen molar-refractivity contribution < 1.29 is 39.3 Å². The molecule has 0 bridgehead atoms. The molecule has 8 atom stereocenters. The minimum Gasteiger partial charge on any atom is -0.507 e. The number of likely N-dealkylation sites (N-methyl/N-ethyl adjacent to an activating group) is 1. The van der Waals surface area contributed by atoms with E-state index in [9.17, 15) is 39.3 Å². The highest BCUT2D eigenvalue weighted by atomic mass is 16.3. The first-order valence-electron chi connectivity index (χ1n) is 11.0. The van der Waals surface area contributed by atoms with Crippen molar-refractivity contribution in [3.63, 3.8) is 0 Å². The van der Waals surface area contributed by atoms with Crippen molar-refractivity contribution in [1.29, 1.82) is 0 Å². The van der Waals surface area contributed by atoms with Crippen LogP contribution in [0, 0.1) is 37.5 Å². The molecule has 4 rings (SSSR count). The summed E-state index contributed by atoms with van der Waals surface area (Å²) >= 11 is 0. The number of benzene rings is 1. The number of carbonyl (C=O) groups excluding carboxylic acids is 5. The Balaban J connectivity index is 1.99. The van der Waals surface area contributed by atoms with Crippen LogP contribution in [0.5, 0.6) is 5.75 Å². The summed E-state index contributed by atoms with van der Waals surface area (Å²) in [7, 11) is 2.91. The number of primary amides is 1. The number of fused-ring (bicyclic) bond motifs is 3. The molecular weight excluding hydrogens is 444 g/mol. The number of amides is 1. The molecule has 0 radical (unpaired) electrons. The molecule has 5 N–H and O–H groups in total. The largest absolute Gasteiger partial charge is 0.507 e. The van der Waals surface area contributed by atoms with Crippen LogP contribution < -0.4 is 5.73 Å². The monoisotopic (exact) mass is 472 g/mol. The van der Waals surface area contributed by atoms with Gasteiger partial charge in [0.1, 0.15) is 5.75 Å². The standard InChI is InChI=1S/C24H28N2O8/c1-7-6-8(2)17(27)12-10(7)9(3)11-13(18(12)28)21(31)24(34)15(19(11)29)16(26(4)5)20(30)14(22(24)32)23(25)33/h6,9,11,13-16,19,27,29,34H,1-5H3,(H2,25,33)/t9-,11+,13?,14?,15+,16-,19-,24-/m1/s1. The highest BCUT2D eigenvalue weighted by Crippen LogP contribution is 2.55. The molecule has 0 aromatic heterocycles. The molecule has 0 heterocycles. The summed E-state index contributed by atoms with van der Waals surface area (Å²) in [6.45, 7) is 5.04. The quantitative estimate of drug-likeness (QED) is 0.394. The Morgan fingerprint density at radius 1 is 1.09 bits per heavy atom. The second-order valence-corrected chi connectivity index (χ2v) is 10.0. The number of carbonyl (C=O) groups is 5. The second-order valence-electron chi connectivity index (χ2n) is 10.0. The van der Waals surface area contributed by atoms with Crippen molar-refractivity contribution in [3.05, 3.63) is 28.3 Å². The molecule has 10 nitrogen and oxygen atoms in total. The Labute approximate surface area is 195 Å². The van der Waals surface area contributed by atoms with Gasteiger partial charge in [-0.05, 0) is 50.6 Å². The van der Waals surface area contributed by atoms with E-state index in [4.69, 9.17) is 5.73 Å². The number of aryl methyl sites for hydroxylation is 2. The van der Waals surface area contributed by atoms with E-state index < -0.39 is 76.4 Å². The number of rotatable bonds is 2. The lowest BCUT2D eigenvalue weighted by Crippen LogP contribution is -2.77. The maximum absolute atomic E-state index is 13.8. The van der Waals surface area contributed by atoms with Gasteiger partial charge in [0.25, 0.3) is 0 Å². The minimum atomic E-state index is -2.98. The summed E-state index contributed by atoms with van der Waals surface area (Å²) in [6, 6.07) is 0.315. The fourth-order valence-electron chi connectivity index (χ4n) is 6.56. The number of aliphatic hydroxyl groups excluding tert-OH is 1. The van der Waals surface area contributed by atoms with E-state index in [1.165, 1.54) is 19.0 Å². The molecular formula is C24H28N2O8. The number of hydrogen-bond acceptors (Lipinski definition) is 9. The number of ketones is 4. The molecule has 0 spiro atoms. The maximum Gasteiger partial charge on any atom is 0.235 e. The summed E-state index contributed by atoms with van der Waals surface area (Å²) in [5.41, 5.74) is 3.79. The van der Waals surface area contributed by atoms with E-state index in [1.54, 1.807) is 26.8 Å². The number of aliphatic hydroxyl groups is 2. The third-order valence-corrected chi connectivity index (χ3v) is 7.98. The van der Waals surface area contributed by atoms with E-state index in [2.05, 4.69) is 0 Å². The normalized spacial score (nSPS) is 37.4. The number of hydrogen-bond donors (Lipinski definition) is 4. The van der Waals surface area contributed by atoms with Gasteiger partial charge >= 0.3 is 0 Å². The Hall–Kier alpha value is -2.95. The van der Waals surface area contributed by atoms with Gasteiger partial charge in [-0.3, -0.25) is 28.9 Å². The van der Waals surface area contributed by atoms with Gasteiger partial charge in [0.2, 0.25) is 5.91 Å². The molecule has 10 heteroatoms. The van der Waals surface area contributed by atoms with Crippen LogP contribution in [0.3, 0.4) is 0 Å². The summed E-state index contributed by atoms with van der Waals surface area (Å²) in [4.78, 5) is 67.1. The predicted octanol–water partition coefficient (Wildman–Crippen LogP) is -0.984. The number of nitrogens with zero attached hydrogens (tertiary/aromatic N) is 1. The van der Waals surface area contributed by atoms with E-state index in [0.717, 1.165) is 0 Å². The van der Waals surface area contributed by atoms with E-state index >= 15 is 0 Å².